The Morgan fingerprint density at radius 3 is 2.32 bits per heavy atom. The van der Waals surface area contributed by atoms with Crippen LogP contribution in [0, 0.1) is 0 Å². The smallest absolute Gasteiger partial charge is 0.226 e. The summed E-state index contributed by atoms with van der Waals surface area (Å²) in [6.07, 6.45) is 0.181. The molecular formula is C22H28N2O4. The molecule has 0 saturated carbocycles. The van der Waals surface area contributed by atoms with Crippen molar-refractivity contribution in [2.24, 2.45) is 0 Å². The van der Waals surface area contributed by atoms with E-state index in [0.29, 0.717) is 23.7 Å². The number of nitrogens with zero attached hydrogens (tertiary/aromatic N) is 1. The van der Waals surface area contributed by atoms with Crippen LogP contribution in [0.15, 0.2) is 42.5 Å². The predicted molar refractivity (Wildman–Crippen MR) is 111 cm³/mol. The van der Waals surface area contributed by atoms with E-state index in [4.69, 9.17) is 9.47 Å². The highest BCUT2D eigenvalue weighted by Crippen LogP contribution is 2.30. The van der Waals surface area contributed by atoms with E-state index in [2.05, 4.69) is 19.2 Å². The van der Waals surface area contributed by atoms with Gasteiger partial charge in [0.1, 0.15) is 0 Å². The molecule has 0 saturated heterocycles. The Labute approximate surface area is 166 Å². The molecule has 0 atom stereocenters. The molecule has 0 aromatic heterocycles. The average Bonchev–Trinajstić information content (AvgIpc) is 2.68. The third-order valence-electron chi connectivity index (χ3n) is 4.46. The summed E-state index contributed by atoms with van der Waals surface area (Å²) in [6, 6.07) is 13.0. The van der Waals surface area contributed by atoms with Crippen LogP contribution in [0.5, 0.6) is 11.5 Å². The molecule has 28 heavy (non-hydrogen) atoms. The number of carbonyl (C=O) groups excluding carboxylic acids is 2. The Morgan fingerprint density at radius 2 is 1.71 bits per heavy atom. The van der Waals surface area contributed by atoms with Crippen molar-refractivity contribution in [1.29, 1.82) is 0 Å². The van der Waals surface area contributed by atoms with Crippen molar-refractivity contribution in [2.75, 3.05) is 31.0 Å². The number of methoxy groups -OCH3 is 2. The van der Waals surface area contributed by atoms with Crippen molar-refractivity contribution in [3.8, 4) is 11.5 Å². The van der Waals surface area contributed by atoms with E-state index in [1.807, 2.05) is 24.3 Å². The van der Waals surface area contributed by atoms with Gasteiger partial charge in [-0.1, -0.05) is 32.0 Å². The zero-order chi connectivity index (χ0) is 20.7. The largest absolute Gasteiger partial charge is 0.493 e. The van der Waals surface area contributed by atoms with Gasteiger partial charge >= 0.3 is 0 Å². The monoisotopic (exact) mass is 384 g/mol. The van der Waals surface area contributed by atoms with Gasteiger partial charge in [-0.3, -0.25) is 9.59 Å². The SMILES string of the molecule is COc1ccc(NC(=O)CCN(C(C)=O)c2ccccc2C(C)C)cc1OC. The van der Waals surface area contributed by atoms with Crippen molar-refractivity contribution in [3.05, 3.63) is 48.0 Å². The molecule has 0 fully saturated rings. The molecule has 2 aromatic rings. The molecule has 0 radical (unpaired) electrons. The summed E-state index contributed by atoms with van der Waals surface area (Å²) in [7, 11) is 3.10. The topological polar surface area (TPSA) is 67.9 Å². The first-order valence-corrected chi connectivity index (χ1v) is 9.26. The molecule has 2 aromatic carbocycles. The predicted octanol–water partition coefficient (Wildman–Crippen LogP) is 4.21. The zero-order valence-electron chi connectivity index (χ0n) is 17.1. The second kappa shape index (κ2) is 9.78. The van der Waals surface area contributed by atoms with Crippen molar-refractivity contribution in [3.63, 3.8) is 0 Å². The van der Waals surface area contributed by atoms with Crippen molar-refractivity contribution >= 4 is 23.2 Å². The first-order valence-electron chi connectivity index (χ1n) is 9.26. The van der Waals surface area contributed by atoms with Gasteiger partial charge in [0.2, 0.25) is 11.8 Å². The molecule has 0 spiro atoms. The molecule has 0 aliphatic heterocycles. The maximum Gasteiger partial charge on any atom is 0.226 e. The van der Waals surface area contributed by atoms with Gasteiger partial charge < -0.3 is 19.7 Å². The number of anilines is 2. The number of ether oxygens (including phenoxy) is 2. The summed E-state index contributed by atoms with van der Waals surface area (Å²) in [4.78, 5) is 26.3. The normalized spacial score (nSPS) is 10.5. The van der Waals surface area contributed by atoms with Crippen LogP contribution in [0.25, 0.3) is 0 Å². The van der Waals surface area contributed by atoms with E-state index in [1.54, 1.807) is 37.3 Å². The quantitative estimate of drug-likeness (QED) is 0.740. The van der Waals surface area contributed by atoms with E-state index in [9.17, 15) is 9.59 Å². The van der Waals surface area contributed by atoms with Gasteiger partial charge in [-0.15, -0.1) is 0 Å². The van der Waals surface area contributed by atoms with Gasteiger partial charge in [0, 0.05) is 37.3 Å². The molecule has 2 rings (SSSR count). The van der Waals surface area contributed by atoms with E-state index in [-0.39, 0.29) is 24.2 Å². The lowest BCUT2D eigenvalue weighted by Gasteiger charge is -2.25. The van der Waals surface area contributed by atoms with Crippen LogP contribution in [0.1, 0.15) is 38.7 Å². The number of amides is 2. The fraction of sp³-hybridized carbons (Fsp3) is 0.364. The second-order valence-corrected chi connectivity index (χ2v) is 6.75. The van der Waals surface area contributed by atoms with E-state index in [1.165, 1.54) is 6.92 Å². The minimum Gasteiger partial charge on any atom is -0.493 e. The van der Waals surface area contributed by atoms with E-state index < -0.39 is 0 Å². The van der Waals surface area contributed by atoms with Crippen LogP contribution < -0.4 is 19.7 Å². The van der Waals surface area contributed by atoms with E-state index >= 15 is 0 Å². The first kappa shape index (κ1) is 21.3. The lowest BCUT2D eigenvalue weighted by Crippen LogP contribution is -2.32. The van der Waals surface area contributed by atoms with Gasteiger partial charge in [-0.2, -0.15) is 0 Å². The number of carbonyl (C=O) groups is 2. The highest BCUT2D eigenvalue weighted by Gasteiger charge is 2.18. The molecule has 6 heteroatoms. The molecule has 0 unspecified atom stereocenters. The summed E-state index contributed by atoms with van der Waals surface area (Å²) >= 11 is 0. The molecule has 0 aliphatic rings. The van der Waals surface area contributed by atoms with Crippen LogP contribution in [-0.2, 0) is 9.59 Å². The standard InChI is InChI=1S/C22H28N2O4/c1-15(2)18-8-6-7-9-19(18)24(16(3)25)13-12-22(26)23-17-10-11-20(27-4)21(14-17)28-5/h6-11,14-15H,12-13H2,1-5H3,(H,23,26). The van der Waals surface area contributed by atoms with Gasteiger partial charge in [0.05, 0.1) is 14.2 Å². The van der Waals surface area contributed by atoms with Gasteiger partial charge in [-0.25, -0.2) is 0 Å². The Morgan fingerprint density at radius 1 is 1.04 bits per heavy atom. The molecule has 0 heterocycles. The lowest BCUT2D eigenvalue weighted by atomic mass is 10.0. The summed E-state index contributed by atoms with van der Waals surface area (Å²) in [6.45, 7) is 5.99. The number of para-hydroxylation sites is 1. The lowest BCUT2D eigenvalue weighted by molar-refractivity contribution is -0.117. The van der Waals surface area contributed by atoms with Crippen LogP contribution in [0.2, 0.25) is 0 Å². The van der Waals surface area contributed by atoms with Crippen LogP contribution in [0.4, 0.5) is 11.4 Å². The number of hydrogen-bond donors (Lipinski definition) is 1. The second-order valence-electron chi connectivity index (χ2n) is 6.75. The van der Waals surface area contributed by atoms with Crippen molar-refractivity contribution in [1.82, 2.24) is 0 Å². The number of rotatable bonds is 8. The Hall–Kier alpha value is -3.02. The molecule has 150 valence electrons. The Kier molecular flexibility index (Phi) is 7.44. The maximum atomic E-state index is 12.4. The summed E-state index contributed by atoms with van der Waals surface area (Å²) in [5.74, 6) is 1.14. The molecule has 1 N–H and O–H groups in total. The third-order valence-corrected chi connectivity index (χ3v) is 4.46. The van der Waals surface area contributed by atoms with Crippen molar-refractivity contribution < 1.29 is 19.1 Å². The van der Waals surface area contributed by atoms with Gasteiger partial charge in [-0.05, 0) is 29.7 Å². The van der Waals surface area contributed by atoms with Crippen LogP contribution in [0.3, 0.4) is 0 Å². The summed E-state index contributed by atoms with van der Waals surface area (Å²) in [5.41, 5.74) is 2.54. The zero-order valence-corrected chi connectivity index (χ0v) is 17.1. The Bertz CT molecular complexity index is 833. The molecule has 6 nitrogen and oxygen atoms in total. The Balaban J connectivity index is 2.08. The van der Waals surface area contributed by atoms with E-state index in [0.717, 1.165) is 11.3 Å². The highest BCUT2D eigenvalue weighted by atomic mass is 16.5. The molecule has 2 amide bonds. The first-order chi connectivity index (χ1) is 13.4. The summed E-state index contributed by atoms with van der Waals surface area (Å²) in [5, 5.41) is 2.84. The minimum atomic E-state index is -0.180. The molecular weight excluding hydrogens is 356 g/mol. The highest BCUT2D eigenvalue weighted by molar-refractivity contribution is 5.95. The summed E-state index contributed by atoms with van der Waals surface area (Å²) < 4.78 is 10.5. The minimum absolute atomic E-state index is 0.0907. The number of hydrogen-bond acceptors (Lipinski definition) is 4. The van der Waals surface area contributed by atoms with Gasteiger partial charge in [0.15, 0.2) is 11.5 Å². The van der Waals surface area contributed by atoms with Crippen molar-refractivity contribution in [2.45, 2.75) is 33.1 Å². The third kappa shape index (κ3) is 5.25. The fourth-order valence-corrected chi connectivity index (χ4v) is 3.02. The fourth-order valence-electron chi connectivity index (χ4n) is 3.02. The van der Waals surface area contributed by atoms with Gasteiger partial charge in [0.25, 0.3) is 0 Å². The maximum absolute atomic E-state index is 12.4. The molecule has 0 bridgehead atoms. The number of benzene rings is 2. The molecule has 0 aliphatic carbocycles. The number of nitrogens with one attached hydrogen (secondary N) is 1. The average molecular weight is 384 g/mol. The van der Waals surface area contributed by atoms with Crippen LogP contribution >= 0.6 is 0 Å². The van der Waals surface area contributed by atoms with Crippen LogP contribution in [-0.4, -0.2) is 32.6 Å².